The minimum atomic E-state index is -0.437. The number of nitriles is 1. The van der Waals surface area contributed by atoms with Crippen LogP contribution in [0.2, 0.25) is 0 Å². The van der Waals surface area contributed by atoms with Gasteiger partial charge < -0.3 is 10.6 Å². The lowest BCUT2D eigenvalue weighted by atomic mass is 10.2. The van der Waals surface area contributed by atoms with E-state index in [1.807, 2.05) is 62.4 Å². The summed E-state index contributed by atoms with van der Waals surface area (Å²) in [7, 11) is 0. The van der Waals surface area contributed by atoms with E-state index in [1.165, 1.54) is 6.20 Å². The van der Waals surface area contributed by atoms with Crippen LogP contribution in [0.4, 0.5) is 11.4 Å². The minimum absolute atomic E-state index is 0.0158. The summed E-state index contributed by atoms with van der Waals surface area (Å²) in [6.07, 6.45) is 1.41. The maximum Gasteiger partial charge on any atom is 0.267 e. The largest absolute Gasteiger partial charge is 0.360 e. The maximum absolute atomic E-state index is 12.1. The Labute approximate surface area is 130 Å². The predicted molar refractivity (Wildman–Crippen MR) is 88.3 cm³/mol. The van der Waals surface area contributed by atoms with Crippen molar-refractivity contribution in [1.82, 2.24) is 0 Å². The topological polar surface area (TPSA) is 64.9 Å². The summed E-state index contributed by atoms with van der Waals surface area (Å²) in [6, 6.07) is 17.0. The smallest absolute Gasteiger partial charge is 0.267 e. The van der Waals surface area contributed by atoms with Gasteiger partial charge >= 0.3 is 0 Å². The highest BCUT2D eigenvalue weighted by Crippen LogP contribution is 2.12. The van der Waals surface area contributed by atoms with Crippen LogP contribution in [0.1, 0.15) is 11.1 Å². The van der Waals surface area contributed by atoms with Gasteiger partial charge in [-0.1, -0.05) is 29.8 Å². The summed E-state index contributed by atoms with van der Waals surface area (Å²) < 4.78 is 0. The normalized spacial score (nSPS) is 10.7. The Morgan fingerprint density at radius 1 is 1.05 bits per heavy atom. The van der Waals surface area contributed by atoms with Crippen molar-refractivity contribution in [3.63, 3.8) is 0 Å². The third kappa shape index (κ3) is 4.22. The molecule has 2 aromatic carbocycles. The zero-order chi connectivity index (χ0) is 15.9. The SMILES string of the molecule is Cc1ccc(N/C=C(/C#N)C(=O)Nc2cccc(C)c2)cc1. The van der Waals surface area contributed by atoms with Crippen LogP contribution in [0.25, 0.3) is 0 Å². The summed E-state index contributed by atoms with van der Waals surface area (Å²) in [4.78, 5) is 12.1. The summed E-state index contributed by atoms with van der Waals surface area (Å²) in [5.74, 6) is -0.437. The van der Waals surface area contributed by atoms with Crippen molar-refractivity contribution < 1.29 is 4.79 Å². The number of carbonyl (C=O) groups is 1. The van der Waals surface area contributed by atoms with Crippen LogP contribution in [-0.2, 0) is 4.79 Å². The molecule has 1 amide bonds. The van der Waals surface area contributed by atoms with Gasteiger partial charge in [0.15, 0.2) is 0 Å². The molecule has 4 heteroatoms. The van der Waals surface area contributed by atoms with Gasteiger partial charge in [0, 0.05) is 17.6 Å². The first-order chi connectivity index (χ1) is 10.6. The predicted octanol–water partition coefficient (Wildman–Crippen LogP) is 3.76. The Morgan fingerprint density at radius 2 is 1.77 bits per heavy atom. The van der Waals surface area contributed by atoms with Crippen LogP contribution in [0, 0.1) is 25.2 Å². The zero-order valence-corrected chi connectivity index (χ0v) is 12.6. The van der Waals surface area contributed by atoms with E-state index < -0.39 is 5.91 Å². The molecule has 0 spiro atoms. The van der Waals surface area contributed by atoms with Crippen LogP contribution in [-0.4, -0.2) is 5.91 Å². The van der Waals surface area contributed by atoms with Crippen LogP contribution >= 0.6 is 0 Å². The lowest BCUT2D eigenvalue weighted by Gasteiger charge is -2.06. The van der Waals surface area contributed by atoms with Crippen molar-refractivity contribution in [3.8, 4) is 6.07 Å². The molecule has 2 aromatic rings. The second-order valence-electron chi connectivity index (χ2n) is 5.00. The fourth-order valence-corrected chi connectivity index (χ4v) is 1.88. The molecule has 110 valence electrons. The summed E-state index contributed by atoms with van der Waals surface area (Å²) in [5, 5.41) is 14.8. The van der Waals surface area contributed by atoms with E-state index in [0.717, 1.165) is 16.8 Å². The average molecular weight is 291 g/mol. The Kier molecular flexibility index (Phi) is 4.94. The van der Waals surface area contributed by atoms with E-state index in [9.17, 15) is 4.79 Å². The standard InChI is InChI=1S/C18H17N3O/c1-13-6-8-16(9-7-13)20-12-15(11-19)18(22)21-17-5-3-4-14(2)10-17/h3-10,12,20H,1-2H3,(H,21,22)/b15-12-. The van der Waals surface area contributed by atoms with Crippen LogP contribution in [0.5, 0.6) is 0 Å². The third-order valence-corrected chi connectivity index (χ3v) is 3.08. The number of rotatable bonds is 4. The highest BCUT2D eigenvalue weighted by Gasteiger charge is 2.09. The van der Waals surface area contributed by atoms with Gasteiger partial charge in [0.05, 0.1) is 0 Å². The first kappa shape index (κ1) is 15.3. The Balaban J connectivity index is 2.07. The molecule has 0 unspecified atom stereocenters. The van der Waals surface area contributed by atoms with Crippen molar-refractivity contribution in [3.05, 3.63) is 71.4 Å². The molecule has 0 saturated carbocycles. The molecule has 0 aliphatic heterocycles. The number of benzene rings is 2. The van der Waals surface area contributed by atoms with Gasteiger partial charge in [0.1, 0.15) is 11.6 Å². The lowest BCUT2D eigenvalue weighted by molar-refractivity contribution is -0.112. The molecule has 0 bridgehead atoms. The number of hydrogen-bond acceptors (Lipinski definition) is 3. The van der Waals surface area contributed by atoms with Gasteiger partial charge in [-0.15, -0.1) is 0 Å². The molecule has 22 heavy (non-hydrogen) atoms. The molecule has 2 N–H and O–H groups in total. The molecule has 2 rings (SSSR count). The van der Waals surface area contributed by atoms with E-state index in [2.05, 4.69) is 10.6 Å². The number of hydrogen-bond donors (Lipinski definition) is 2. The molecule has 0 radical (unpaired) electrons. The van der Waals surface area contributed by atoms with E-state index in [0.29, 0.717) is 5.69 Å². The molecule has 0 heterocycles. The summed E-state index contributed by atoms with van der Waals surface area (Å²) >= 11 is 0. The summed E-state index contributed by atoms with van der Waals surface area (Å²) in [6.45, 7) is 3.94. The van der Waals surface area contributed by atoms with Crippen molar-refractivity contribution in [2.24, 2.45) is 0 Å². The maximum atomic E-state index is 12.1. The number of carbonyl (C=O) groups excluding carboxylic acids is 1. The monoisotopic (exact) mass is 291 g/mol. The zero-order valence-electron chi connectivity index (χ0n) is 12.6. The average Bonchev–Trinajstić information content (AvgIpc) is 2.49. The quantitative estimate of drug-likeness (QED) is 0.666. The van der Waals surface area contributed by atoms with Gasteiger partial charge in [-0.3, -0.25) is 4.79 Å². The first-order valence-corrected chi connectivity index (χ1v) is 6.90. The van der Waals surface area contributed by atoms with Gasteiger partial charge in [0.25, 0.3) is 5.91 Å². The fourth-order valence-electron chi connectivity index (χ4n) is 1.88. The van der Waals surface area contributed by atoms with E-state index >= 15 is 0 Å². The fraction of sp³-hybridized carbons (Fsp3) is 0.111. The Bertz CT molecular complexity index is 740. The molecule has 4 nitrogen and oxygen atoms in total. The van der Waals surface area contributed by atoms with Crippen molar-refractivity contribution in [2.75, 3.05) is 10.6 Å². The molecule has 0 fully saturated rings. The van der Waals surface area contributed by atoms with Gasteiger partial charge in [-0.05, 0) is 43.7 Å². The molecular formula is C18H17N3O. The third-order valence-electron chi connectivity index (χ3n) is 3.08. The van der Waals surface area contributed by atoms with Crippen LogP contribution in [0.3, 0.4) is 0 Å². The highest BCUT2D eigenvalue weighted by molar-refractivity contribution is 6.06. The highest BCUT2D eigenvalue weighted by atomic mass is 16.1. The van der Waals surface area contributed by atoms with Crippen molar-refractivity contribution in [1.29, 1.82) is 5.26 Å². The number of amides is 1. The van der Waals surface area contributed by atoms with Gasteiger partial charge in [-0.2, -0.15) is 5.26 Å². The number of aryl methyl sites for hydroxylation is 2. The van der Waals surface area contributed by atoms with Crippen molar-refractivity contribution in [2.45, 2.75) is 13.8 Å². The van der Waals surface area contributed by atoms with E-state index in [1.54, 1.807) is 6.07 Å². The molecule has 0 aromatic heterocycles. The Hall–Kier alpha value is -3.06. The molecule has 0 aliphatic carbocycles. The van der Waals surface area contributed by atoms with Gasteiger partial charge in [0.2, 0.25) is 0 Å². The summed E-state index contributed by atoms with van der Waals surface area (Å²) in [5.41, 5.74) is 3.69. The number of nitrogens with one attached hydrogen (secondary N) is 2. The van der Waals surface area contributed by atoms with E-state index in [4.69, 9.17) is 5.26 Å². The van der Waals surface area contributed by atoms with Gasteiger partial charge in [-0.25, -0.2) is 0 Å². The second-order valence-corrected chi connectivity index (χ2v) is 5.00. The van der Waals surface area contributed by atoms with Crippen LogP contribution in [0.15, 0.2) is 60.3 Å². The van der Waals surface area contributed by atoms with Crippen molar-refractivity contribution >= 4 is 17.3 Å². The molecule has 0 aliphatic rings. The number of nitrogens with zero attached hydrogens (tertiary/aromatic N) is 1. The lowest BCUT2D eigenvalue weighted by Crippen LogP contribution is -2.14. The van der Waals surface area contributed by atoms with E-state index in [-0.39, 0.29) is 5.57 Å². The second kappa shape index (κ2) is 7.09. The number of anilines is 2. The molecule has 0 saturated heterocycles. The molecule has 0 atom stereocenters. The Morgan fingerprint density at radius 3 is 2.41 bits per heavy atom. The van der Waals surface area contributed by atoms with Crippen LogP contribution < -0.4 is 10.6 Å². The first-order valence-electron chi connectivity index (χ1n) is 6.90. The molecular weight excluding hydrogens is 274 g/mol. The minimum Gasteiger partial charge on any atom is -0.360 e.